The maximum Gasteiger partial charge on any atom is 0.231 e. The van der Waals surface area contributed by atoms with Crippen LogP contribution in [0.4, 0.5) is 5.69 Å². The Hall–Kier alpha value is -3.88. The van der Waals surface area contributed by atoms with E-state index in [1.807, 2.05) is 18.2 Å². The number of nitrogens with one attached hydrogen (secondary N) is 1. The van der Waals surface area contributed by atoms with Crippen LogP contribution in [0.3, 0.4) is 0 Å². The summed E-state index contributed by atoms with van der Waals surface area (Å²) in [4.78, 5) is 31.1. The lowest BCUT2D eigenvalue weighted by Gasteiger charge is -2.17. The van der Waals surface area contributed by atoms with Gasteiger partial charge in [0.05, 0.1) is 5.92 Å². The van der Waals surface area contributed by atoms with Crippen LogP contribution in [0.15, 0.2) is 55.0 Å². The molecule has 2 aliphatic heterocycles. The fourth-order valence-electron chi connectivity index (χ4n) is 3.62. The molecule has 1 aromatic carbocycles. The number of carbonyl (C=O) groups excluding carboxylic acids is 2. The van der Waals surface area contributed by atoms with E-state index in [-0.39, 0.29) is 25.0 Å². The predicted molar refractivity (Wildman–Crippen MR) is 106 cm³/mol. The van der Waals surface area contributed by atoms with Gasteiger partial charge in [0.1, 0.15) is 0 Å². The van der Waals surface area contributed by atoms with Gasteiger partial charge in [-0.3, -0.25) is 9.59 Å². The van der Waals surface area contributed by atoms with Gasteiger partial charge in [-0.2, -0.15) is 5.10 Å². The van der Waals surface area contributed by atoms with Crippen LogP contribution in [-0.2, 0) is 16.1 Å². The van der Waals surface area contributed by atoms with Crippen molar-refractivity contribution in [3.63, 3.8) is 0 Å². The number of aromatic nitrogens is 3. The van der Waals surface area contributed by atoms with Crippen molar-refractivity contribution in [2.75, 3.05) is 18.2 Å². The van der Waals surface area contributed by atoms with Crippen molar-refractivity contribution in [2.45, 2.75) is 13.0 Å². The van der Waals surface area contributed by atoms with Crippen molar-refractivity contribution >= 4 is 17.5 Å². The molecule has 152 valence electrons. The van der Waals surface area contributed by atoms with E-state index in [1.165, 1.54) is 0 Å². The minimum absolute atomic E-state index is 0.0844. The molecule has 0 radical (unpaired) electrons. The van der Waals surface area contributed by atoms with Crippen LogP contribution in [0.1, 0.15) is 12.0 Å². The highest BCUT2D eigenvalue weighted by atomic mass is 16.7. The van der Waals surface area contributed by atoms with E-state index in [4.69, 9.17) is 9.47 Å². The molecule has 1 N–H and O–H groups in total. The summed E-state index contributed by atoms with van der Waals surface area (Å²) in [5.74, 6) is 1.31. The first-order valence-electron chi connectivity index (χ1n) is 9.60. The van der Waals surface area contributed by atoms with Gasteiger partial charge < -0.3 is 19.7 Å². The Balaban J connectivity index is 1.22. The summed E-state index contributed by atoms with van der Waals surface area (Å²) in [7, 11) is 0. The quantitative estimate of drug-likeness (QED) is 0.693. The molecule has 4 heterocycles. The van der Waals surface area contributed by atoms with E-state index in [0.717, 1.165) is 5.56 Å². The van der Waals surface area contributed by atoms with Gasteiger partial charge in [-0.05, 0) is 35.9 Å². The van der Waals surface area contributed by atoms with E-state index in [2.05, 4.69) is 15.4 Å². The van der Waals surface area contributed by atoms with E-state index in [0.29, 0.717) is 36.1 Å². The number of hydrogen-bond acceptors (Lipinski definition) is 6. The molecule has 1 fully saturated rings. The molecular weight excluding hydrogens is 386 g/mol. The largest absolute Gasteiger partial charge is 0.454 e. The number of benzene rings is 1. The highest BCUT2D eigenvalue weighted by Gasteiger charge is 2.35. The van der Waals surface area contributed by atoms with E-state index in [9.17, 15) is 9.59 Å². The van der Waals surface area contributed by atoms with Crippen LogP contribution in [0.5, 0.6) is 11.5 Å². The van der Waals surface area contributed by atoms with Gasteiger partial charge >= 0.3 is 0 Å². The summed E-state index contributed by atoms with van der Waals surface area (Å²) >= 11 is 0. The lowest BCUT2D eigenvalue weighted by molar-refractivity contribution is -0.126. The number of pyridine rings is 1. The summed E-state index contributed by atoms with van der Waals surface area (Å²) in [6.45, 7) is 0.860. The SMILES string of the molecule is O=C(NCc1ccnc(-n2cccn2)c1)C1CC(=O)N(c2ccc3c(c2)OCO3)C1. The molecule has 0 spiro atoms. The number of amides is 2. The Kier molecular flexibility index (Phi) is 4.55. The number of nitrogens with zero attached hydrogens (tertiary/aromatic N) is 4. The van der Waals surface area contributed by atoms with E-state index in [1.54, 1.807) is 46.4 Å². The Labute approximate surface area is 172 Å². The zero-order valence-electron chi connectivity index (χ0n) is 16.0. The molecule has 5 rings (SSSR count). The number of fused-ring (bicyclic) bond motifs is 1. The van der Waals surface area contributed by atoms with Crippen molar-refractivity contribution < 1.29 is 19.1 Å². The van der Waals surface area contributed by atoms with Gasteiger partial charge in [-0.1, -0.05) is 0 Å². The predicted octanol–water partition coefficient (Wildman–Crippen LogP) is 1.67. The molecule has 2 aromatic heterocycles. The van der Waals surface area contributed by atoms with Gasteiger partial charge in [0.25, 0.3) is 0 Å². The summed E-state index contributed by atoms with van der Waals surface area (Å²) < 4.78 is 12.3. The normalized spacial score (nSPS) is 17.4. The molecule has 3 aromatic rings. The maximum absolute atomic E-state index is 12.7. The third-order valence-corrected chi connectivity index (χ3v) is 5.18. The first kappa shape index (κ1) is 18.2. The molecule has 0 bridgehead atoms. The zero-order valence-corrected chi connectivity index (χ0v) is 16.0. The second-order valence-electron chi connectivity index (χ2n) is 7.13. The molecular formula is C21H19N5O4. The lowest BCUT2D eigenvalue weighted by Crippen LogP contribution is -2.32. The Morgan fingerprint density at radius 3 is 2.93 bits per heavy atom. The number of rotatable bonds is 5. The lowest BCUT2D eigenvalue weighted by atomic mass is 10.1. The molecule has 1 saturated heterocycles. The second-order valence-corrected chi connectivity index (χ2v) is 7.13. The van der Waals surface area contributed by atoms with Crippen LogP contribution in [-0.4, -0.2) is 39.9 Å². The maximum atomic E-state index is 12.7. The van der Waals surface area contributed by atoms with Crippen LogP contribution in [0.2, 0.25) is 0 Å². The minimum atomic E-state index is -0.407. The fraction of sp³-hybridized carbons (Fsp3) is 0.238. The van der Waals surface area contributed by atoms with E-state index >= 15 is 0 Å². The summed E-state index contributed by atoms with van der Waals surface area (Å²) in [6.07, 6.45) is 5.34. The Morgan fingerprint density at radius 1 is 1.17 bits per heavy atom. The standard InChI is InChI=1S/C21H19N5O4/c27-20-9-15(12-25(20)16-2-3-17-18(10-16)30-13-29-17)21(28)23-11-14-4-6-22-19(8-14)26-7-1-5-24-26/h1-8,10,15H,9,11-13H2,(H,23,28). The molecule has 1 atom stereocenters. The molecule has 1 unspecified atom stereocenters. The van der Waals surface area contributed by atoms with Crippen molar-refractivity contribution in [3.05, 3.63) is 60.6 Å². The number of carbonyl (C=O) groups is 2. The average molecular weight is 405 g/mol. The smallest absolute Gasteiger partial charge is 0.231 e. The topological polar surface area (TPSA) is 98.6 Å². The molecule has 2 amide bonds. The number of ether oxygens (including phenoxy) is 2. The highest BCUT2D eigenvalue weighted by molar-refractivity contribution is 6.00. The summed E-state index contributed by atoms with van der Waals surface area (Å²) in [5, 5.41) is 7.09. The number of anilines is 1. The van der Waals surface area contributed by atoms with Gasteiger partial charge in [-0.15, -0.1) is 0 Å². The Bertz CT molecular complexity index is 1100. The third-order valence-electron chi connectivity index (χ3n) is 5.18. The molecule has 9 nitrogen and oxygen atoms in total. The van der Waals surface area contributed by atoms with Gasteiger partial charge in [0, 0.05) is 49.9 Å². The number of hydrogen-bond donors (Lipinski definition) is 1. The second kappa shape index (κ2) is 7.51. The minimum Gasteiger partial charge on any atom is -0.454 e. The molecule has 9 heteroatoms. The zero-order chi connectivity index (χ0) is 20.5. The van der Waals surface area contributed by atoms with Gasteiger partial charge in [-0.25, -0.2) is 9.67 Å². The van der Waals surface area contributed by atoms with Crippen molar-refractivity contribution in [1.29, 1.82) is 0 Å². The molecule has 0 aliphatic carbocycles. The molecule has 0 saturated carbocycles. The van der Waals surface area contributed by atoms with Crippen molar-refractivity contribution in [3.8, 4) is 17.3 Å². The first-order valence-corrected chi connectivity index (χ1v) is 9.60. The Morgan fingerprint density at radius 2 is 2.07 bits per heavy atom. The monoisotopic (exact) mass is 405 g/mol. The third kappa shape index (κ3) is 3.45. The summed E-state index contributed by atoms with van der Waals surface area (Å²) in [5.41, 5.74) is 1.61. The summed E-state index contributed by atoms with van der Waals surface area (Å²) in [6, 6.07) is 10.9. The van der Waals surface area contributed by atoms with Crippen LogP contribution in [0, 0.1) is 5.92 Å². The van der Waals surface area contributed by atoms with Gasteiger partial charge in [0.2, 0.25) is 18.6 Å². The fourth-order valence-corrected chi connectivity index (χ4v) is 3.62. The van der Waals surface area contributed by atoms with Crippen LogP contribution >= 0.6 is 0 Å². The average Bonchev–Trinajstić information content (AvgIpc) is 3.52. The van der Waals surface area contributed by atoms with Crippen LogP contribution in [0.25, 0.3) is 5.82 Å². The molecule has 30 heavy (non-hydrogen) atoms. The van der Waals surface area contributed by atoms with Crippen molar-refractivity contribution in [1.82, 2.24) is 20.1 Å². The first-order chi connectivity index (χ1) is 14.7. The van der Waals surface area contributed by atoms with Gasteiger partial charge in [0.15, 0.2) is 17.3 Å². The molecule has 2 aliphatic rings. The van der Waals surface area contributed by atoms with E-state index < -0.39 is 5.92 Å². The highest BCUT2D eigenvalue weighted by Crippen LogP contribution is 2.37. The van der Waals surface area contributed by atoms with Crippen LogP contribution < -0.4 is 19.7 Å². The van der Waals surface area contributed by atoms with Crippen molar-refractivity contribution in [2.24, 2.45) is 5.92 Å².